The van der Waals surface area contributed by atoms with Crippen LogP contribution in [0.3, 0.4) is 0 Å². The van der Waals surface area contributed by atoms with E-state index in [-0.39, 0.29) is 146 Å². The van der Waals surface area contributed by atoms with E-state index in [0.29, 0.717) is 49.8 Å². The molecule has 2 fully saturated rings. The predicted octanol–water partition coefficient (Wildman–Crippen LogP) is -7.02. The average Bonchev–Trinajstić information content (AvgIpc) is 1.76. The first kappa shape index (κ1) is 95.9. The third kappa shape index (κ3) is 35.2. The molecule has 2 unspecified atom stereocenters. The largest absolute Gasteiger partial charge is 0.508 e. The fraction of sp³-hybridized carbons (Fsp3) is 0.608. The minimum atomic E-state index is -1.86. The normalized spacial score (nSPS) is 18.2. The zero-order chi connectivity index (χ0) is 85.3. The average molecular weight is 1620 g/mol. The number of aromatic hydroxyl groups is 1. The monoisotopic (exact) mass is 1610 g/mol. The quantitative estimate of drug-likeness (QED) is 0.0166. The summed E-state index contributed by atoms with van der Waals surface area (Å²) in [7, 11) is 0. The van der Waals surface area contributed by atoms with E-state index in [2.05, 4.69) is 78.8 Å². The van der Waals surface area contributed by atoms with Gasteiger partial charge in [-0.05, 0) is 144 Å². The lowest BCUT2D eigenvalue weighted by Gasteiger charge is -2.32. The second-order valence-electron chi connectivity index (χ2n) is 29.0. The first-order valence-electron chi connectivity index (χ1n) is 39.0. The van der Waals surface area contributed by atoms with E-state index in [4.69, 9.17) is 57.3 Å². The van der Waals surface area contributed by atoms with Crippen LogP contribution in [0.4, 0.5) is 0 Å². The molecule has 2 heterocycles. The van der Waals surface area contributed by atoms with Crippen LogP contribution in [0.1, 0.15) is 148 Å². The third-order valence-corrected chi connectivity index (χ3v) is 19.1. The van der Waals surface area contributed by atoms with Crippen molar-refractivity contribution in [3.63, 3.8) is 0 Å². The summed E-state index contributed by atoms with van der Waals surface area (Å²) in [5.41, 5.74) is 57.5. The van der Waals surface area contributed by atoms with Gasteiger partial charge in [-0.3, -0.25) is 82.1 Å². The minimum Gasteiger partial charge on any atom is -0.508 e. The van der Waals surface area contributed by atoms with E-state index in [1.165, 1.54) is 29.2 Å². The maximum Gasteiger partial charge on any atom is 0.245 e. The Balaban J connectivity index is 1.70. The number of hydrogen-bond acceptors (Lipinski definition) is 21. The molecule has 115 heavy (non-hydrogen) atoms. The van der Waals surface area contributed by atoms with Crippen LogP contribution < -0.4 is 121 Å². The Hall–Kier alpha value is -11.5. The van der Waals surface area contributed by atoms with E-state index in [1.807, 2.05) is 13.8 Å². The molecule has 0 radical (unpaired) electrons. The van der Waals surface area contributed by atoms with Gasteiger partial charge < -0.3 is 131 Å². The number of phenols is 1. The predicted molar refractivity (Wildman–Crippen MR) is 428 cm³/mol. The van der Waals surface area contributed by atoms with Crippen LogP contribution in [0.15, 0.2) is 69.6 Å². The number of benzene rings is 2. The van der Waals surface area contributed by atoms with Crippen molar-refractivity contribution in [2.24, 2.45) is 84.1 Å². The van der Waals surface area contributed by atoms with Crippen molar-refractivity contribution in [2.45, 2.75) is 222 Å². The zero-order valence-corrected chi connectivity index (χ0v) is 66.1. The first-order valence-corrected chi connectivity index (χ1v) is 39.0. The molecule has 2 aromatic carbocycles. The summed E-state index contributed by atoms with van der Waals surface area (Å²) < 4.78 is 0. The van der Waals surface area contributed by atoms with Gasteiger partial charge in [-0.1, -0.05) is 76.6 Å². The molecule has 2 saturated heterocycles. The Bertz CT molecular complexity index is 3650. The summed E-state index contributed by atoms with van der Waals surface area (Å²) in [5, 5.41) is 41.7. The van der Waals surface area contributed by atoms with Crippen molar-refractivity contribution in [1.82, 2.24) is 68.7 Å². The topological polar surface area (TPSA) is 704 Å². The molecular formula is C74H122N26O15. The molecule has 2 aromatic rings. The van der Waals surface area contributed by atoms with Gasteiger partial charge in [-0.25, -0.2) is 0 Å². The number of primary amides is 1. The molecule has 638 valence electrons. The van der Waals surface area contributed by atoms with E-state index in [9.17, 15) is 57.8 Å². The fourth-order valence-corrected chi connectivity index (χ4v) is 12.6. The number of phenolic OH excluding ortho intramolecular Hbond substituents is 1. The van der Waals surface area contributed by atoms with Gasteiger partial charge in [0.2, 0.25) is 82.7 Å². The Kier molecular flexibility index (Phi) is 42.2. The van der Waals surface area contributed by atoms with Gasteiger partial charge in [0.1, 0.15) is 72.2 Å². The van der Waals surface area contributed by atoms with E-state index in [0.717, 1.165) is 0 Å². The lowest BCUT2D eigenvalue weighted by atomic mass is 9.97. The summed E-state index contributed by atoms with van der Waals surface area (Å²) in [5.74, 6) is -14.1. The number of unbranched alkanes of at least 4 members (excludes halogenated alkanes) is 2. The number of nitrogens with two attached hydrogens (primary N) is 10. The van der Waals surface area contributed by atoms with Crippen molar-refractivity contribution in [1.29, 1.82) is 0 Å². The molecular weight excluding hydrogens is 1490 g/mol. The van der Waals surface area contributed by atoms with Gasteiger partial charge >= 0.3 is 0 Å². The molecule has 33 N–H and O–H groups in total. The second kappa shape index (κ2) is 50.6. The smallest absolute Gasteiger partial charge is 0.245 e. The van der Waals surface area contributed by atoms with E-state index >= 15 is 14.4 Å². The SMILES string of the molecule is CC[C@H](C)[C@H](NC(=O)C1CNC(=O)C[C@@H](NC(=O)[C@H](Cc2ccc(O)cc2)NC(=O)[C@H](CCCN=C(N)N)NC(=O)[C@@H](N)CCCN=C(N)N)C(=O)NCC(=O)NC(Cc2ccccc2)C(=O)N1)C(=O)N[C@@H](CCCN=C(N)N)C(=O)N1CCC[C@H]1C(=O)N[C@@H](CCCCN)C(=O)N[C@@H](CC(C)C)C(=O)N[C@@H](CCCCN)C(N)=O. The van der Waals surface area contributed by atoms with Gasteiger partial charge in [0, 0.05) is 45.6 Å². The van der Waals surface area contributed by atoms with Crippen LogP contribution in [0, 0.1) is 11.8 Å². The fourth-order valence-electron chi connectivity index (χ4n) is 12.6. The van der Waals surface area contributed by atoms with Crippen LogP contribution in [0.2, 0.25) is 0 Å². The Morgan fingerprint density at radius 2 is 1.08 bits per heavy atom. The molecule has 2 aliphatic rings. The number of likely N-dealkylation sites (tertiary alicyclic amines) is 1. The highest BCUT2D eigenvalue weighted by Gasteiger charge is 2.42. The van der Waals surface area contributed by atoms with Gasteiger partial charge in [-0.2, -0.15) is 0 Å². The Morgan fingerprint density at radius 3 is 1.65 bits per heavy atom. The third-order valence-electron chi connectivity index (χ3n) is 19.1. The molecule has 0 aliphatic carbocycles. The number of hydrogen-bond donors (Lipinski definition) is 23. The highest BCUT2D eigenvalue weighted by atomic mass is 16.3. The summed E-state index contributed by atoms with van der Waals surface area (Å²) in [4.78, 5) is 213. The van der Waals surface area contributed by atoms with Crippen molar-refractivity contribution < 1.29 is 72.2 Å². The molecule has 41 nitrogen and oxygen atoms in total. The zero-order valence-electron chi connectivity index (χ0n) is 66.1. The summed E-state index contributed by atoms with van der Waals surface area (Å²) in [6, 6.07) is -3.01. The second-order valence-corrected chi connectivity index (χ2v) is 29.0. The van der Waals surface area contributed by atoms with Crippen LogP contribution >= 0.6 is 0 Å². The summed E-state index contributed by atoms with van der Waals surface area (Å²) in [6.45, 7) is 6.15. The Labute approximate surface area is 669 Å². The first-order chi connectivity index (χ1) is 54.6. The van der Waals surface area contributed by atoms with Crippen LogP contribution in [-0.2, 0) is 80.0 Å². The molecule has 0 aromatic heterocycles. The number of guanidine groups is 3. The molecule has 4 rings (SSSR count). The molecule has 0 saturated carbocycles. The van der Waals surface area contributed by atoms with Gasteiger partial charge in [0.05, 0.1) is 19.0 Å². The van der Waals surface area contributed by atoms with Crippen molar-refractivity contribution in [2.75, 3.05) is 52.4 Å². The lowest BCUT2D eigenvalue weighted by Crippen LogP contribution is -2.63. The number of rotatable bonds is 46. The lowest BCUT2D eigenvalue weighted by molar-refractivity contribution is -0.143. The molecule has 0 spiro atoms. The highest BCUT2D eigenvalue weighted by Crippen LogP contribution is 2.22. The number of carbonyl (C=O) groups is 14. The van der Waals surface area contributed by atoms with Crippen molar-refractivity contribution in [3.8, 4) is 5.75 Å². The highest BCUT2D eigenvalue weighted by molar-refractivity contribution is 6.01. The van der Waals surface area contributed by atoms with Gasteiger partial charge in [0.25, 0.3) is 0 Å². The molecule has 14 amide bonds. The Morgan fingerprint density at radius 1 is 0.548 bits per heavy atom. The molecule has 13 atom stereocenters. The number of aliphatic imine (C=N–C) groups is 3. The van der Waals surface area contributed by atoms with E-state index < -0.39 is 181 Å². The number of amides is 14. The number of nitrogens with zero attached hydrogens (tertiary/aromatic N) is 4. The van der Waals surface area contributed by atoms with E-state index in [1.54, 1.807) is 44.2 Å². The van der Waals surface area contributed by atoms with Crippen molar-refractivity contribution in [3.05, 3.63) is 65.7 Å². The molecule has 0 bridgehead atoms. The summed E-state index contributed by atoms with van der Waals surface area (Å²) in [6.07, 6.45) is 1.87. The number of nitrogens with one attached hydrogen (secondary N) is 12. The van der Waals surface area contributed by atoms with Crippen LogP contribution in [-0.4, -0.2) is 235 Å². The van der Waals surface area contributed by atoms with Gasteiger partial charge in [-0.15, -0.1) is 0 Å². The van der Waals surface area contributed by atoms with Gasteiger partial charge in [0.15, 0.2) is 17.9 Å². The van der Waals surface area contributed by atoms with Crippen molar-refractivity contribution >= 4 is 101 Å². The maximum absolute atomic E-state index is 15.1. The van der Waals surface area contributed by atoms with Crippen LogP contribution in [0.25, 0.3) is 0 Å². The number of carbonyl (C=O) groups excluding carboxylic acids is 14. The summed E-state index contributed by atoms with van der Waals surface area (Å²) >= 11 is 0. The minimum absolute atomic E-state index is 0.0152. The molecule has 2 aliphatic heterocycles. The van der Waals surface area contributed by atoms with Crippen LogP contribution in [0.5, 0.6) is 5.75 Å². The standard InChI is InChI=1S/C74H122N26O15/c1-5-42(4)59(70(114)94-50(23-15-33-87-74(83)84)71(115)100-34-16-24-56(100)69(113)93-48(21-10-12-30-76)63(107)95-51(35-41(2)3)65(109)91-47(60(78)104)20-9-11-29-75)99-68(112)55-39-88-57(102)38-54(62(106)89-40-58(103)90-52(66(110)98-55)36-43-17-7-6-8-18-43)97-67(111)53(37-44-25-27-45(101)28-26-44)96-64(108)49(22-14-32-86-73(81)82)92-61(105)46(77)19-13-31-85-72(79)80/h6-8,17-18,25-28,41-42,46-56,59,101H,5,9-16,19-24,29-40,75-77H2,1-4H3,(H2,78,104)(H,88,102)(H,89,106)(H,90,103)(H,91,109)(H,92,105)(H,93,113)(H,94,114)(H,95,107)(H,96,108)(H,97,111)(H,98,110)(H,99,112)(H4,79,80,85)(H4,81,82,86)(H4,83,84,87)/t42-,46-,47-,48-,49-,50-,51-,52?,53-,54+,55?,56-,59-/m0/s1. The maximum atomic E-state index is 15.1. The molecule has 41 heteroatoms.